The third-order valence-electron chi connectivity index (χ3n) is 2.81. The number of nitrogens with zero attached hydrogens (tertiary/aromatic N) is 3. The zero-order valence-electron chi connectivity index (χ0n) is 11.3. The Hall–Kier alpha value is -2.55. The van der Waals surface area contributed by atoms with E-state index in [0.717, 1.165) is 0 Å². The molecule has 0 saturated heterocycles. The second-order valence-electron chi connectivity index (χ2n) is 4.21. The summed E-state index contributed by atoms with van der Waals surface area (Å²) in [6.45, 7) is 1.94. The van der Waals surface area contributed by atoms with Gasteiger partial charge in [0.05, 0.1) is 0 Å². The highest BCUT2D eigenvalue weighted by atomic mass is 35.5. The van der Waals surface area contributed by atoms with E-state index in [1.807, 2.05) is 0 Å². The van der Waals surface area contributed by atoms with E-state index in [2.05, 4.69) is 20.8 Å². The Morgan fingerprint density at radius 3 is 2.81 bits per heavy atom. The maximum atomic E-state index is 12.0. The topological polar surface area (TPSA) is 114 Å². The number of rotatable bonds is 5. The highest BCUT2D eigenvalue weighted by molar-refractivity contribution is 6.29. The standard InChI is InChI=1S/C11H13ClN6O3/c1-6(12)3-4-18-7-8(14-10(18)16-13-5-19)17(2)11(21)15-9(7)20/h3,5H,4H2,1-2H3,(H,13,19)(H,14,16)(H,15,20,21)/b6-3-. The summed E-state index contributed by atoms with van der Waals surface area (Å²) in [6, 6.07) is 0. The molecule has 21 heavy (non-hydrogen) atoms. The maximum absolute atomic E-state index is 12.0. The fourth-order valence-corrected chi connectivity index (χ4v) is 1.89. The molecule has 0 aliphatic heterocycles. The number of amides is 1. The molecule has 0 spiro atoms. The maximum Gasteiger partial charge on any atom is 0.329 e. The number of carbonyl (C=O) groups excluding carboxylic acids is 1. The van der Waals surface area contributed by atoms with Crippen molar-refractivity contribution in [3.63, 3.8) is 0 Å². The molecule has 0 fully saturated rings. The molecule has 0 aliphatic carbocycles. The van der Waals surface area contributed by atoms with Crippen LogP contribution in [0.2, 0.25) is 0 Å². The van der Waals surface area contributed by atoms with Gasteiger partial charge in [0.15, 0.2) is 11.2 Å². The van der Waals surface area contributed by atoms with Crippen molar-refractivity contribution in [1.82, 2.24) is 24.5 Å². The fourth-order valence-electron chi connectivity index (χ4n) is 1.82. The molecule has 1 amide bonds. The van der Waals surface area contributed by atoms with Gasteiger partial charge in [0.1, 0.15) is 0 Å². The minimum atomic E-state index is -0.573. The number of imidazole rings is 1. The van der Waals surface area contributed by atoms with E-state index in [9.17, 15) is 14.4 Å². The highest BCUT2D eigenvalue weighted by Crippen LogP contribution is 2.15. The van der Waals surface area contributed by atoms with Gasteiger partial charge in [-0.1, -0.05) is 17.7 Å². The summed E-state index contributed by atoms with van der Waals surface area (Å²) in [6.07, 6.45) is 2.09. The third kappa shape index (κ3) is 2.82. The number of aryl methyl sites for hydroxylation is 1. The van der Waals surface area contributed by atoms with Crippen LogP contribution in [0.3, 0.4) is 0 Å². The van der Waals surface area contributed by atoms with Gasteiger partial charge in [-0.05, 0) is 6.92 Å². The lowest BCUT2D eigenvalue weighted by Crippen LogP contribution is -2.29. The number of halogens is 1. The number of fused-ring (bicyclic) bond motifs is 1. The van der Waals surface area contributed by atoms with E-state index in [1.54, 1.807) is 13.0 Å². The average molecular weight is 313 g/mol. The zero-order chi connectivity index (χ0) is 15.6. The number of allylic oxidation sites excluding steroid dienone is 2. The minimum Gasteiger partial charge on any atom is -0.299 e. The van der Waals surface area contributed by atoms with E-state index in [-0.39, 0.29) is 23.7 Å². The summed E-state index contributed by atoms with van der Waals surface area (Å²) in [5.41, 5.74) is 4.03. The number of hydrogen-bond acceptors (Lipinski definition) is 5. The number of aromatic amines is 1. The van der Waals surface area contributed by atoms with Crippen LogP contribution in [0.1, 0.15) is 6.92 Å². The molecule has 0 atom stereocenters. The van der Waals surface area contributed by atoms with E-state index >= 15 is 0 Å². The van der Waals surface area contributed by atoms with E-state index in [1.165, 1.54) is 16.2 Å². The molecule has 2 rings (SSSR count). The van der Waals surface area contributed by atoms with Crippen LogP contribution in [-0.4, -0.2) is 25.5 Å². The average Bonchev–Trinajstić information content (AvgIpc) is 2.79. The van der Waals surface area contributed by atoms with Crippen LogP contribution in [0.15, 0.2) is 20.7 Å². The summed E-state index contributed by atoms with van der Waals surface area (Å²) in [7, 11) is 1.48. The predicted molar refractivity (Wildman–Crippen MR) is 78.0 cm³/mol. The molecular formula is C11H13ClN6O3. The van der Waals surface area contributed by atoms with Crippen LogP contribution in [0.5, 0.6) is 0 Å². The largest absolute Gasteiger partial charge is 0.329 e. The summed E-state index contributed by atoms with van der Waals surface area (Å²) in [4.78, 5) is 40.3. The molecule has 9 nitrogen and oxygen atoms in total. The Kier molecular flexibility index (Phi) is 4.13. The number of hydrogen-bond donors (Lipinski definition) is 3. The van der Waals surface area contributed by atoms with Gasteiger partial charge < -0.3 is 0 Å². The first-order valence-corrected chi connectivity index (χ1v) is 6.30. The van der Waals surface area contributed by atoms with Gasteiger partial charge in [-0.15, -0.1) is 0 Å². The predicted octanol–water partition coefficient (Wildman–Crippen LogP) is -0.361. The normalized spacial score (nSPS) is 11.7. The molecule has 2 heterocycles. The van der Waals surface area contributed by atoms with Gasteiger partial charge in [-0.25, -0.2) is 4.79 Å². The summed E-state index contributed by atoms with van der Waals surface area (Å²) in [5, 5.41) is 0.535. The molecule has 2 aromatic heterocycles. The minimum absolute atomic E-state index is 0.194. The number of carbonyl (C=O) groups is 1. The van der Waals surface area contributed by atoms with Crippen molar-refractivity contribution in [2.75, 3.05) is 5.43 Å². The molecule has 2 aromatic rings. The molecule has 0 saturated carbocycles. The second-order valence-corrected chi connectivity index (χ2v) is 4.81. The van der Waals surface area contributed by atoms with Gasteiger partial charge in [0.2, 0.25) is 12.4 Å². The van der Waals surface area contributed by atoms with Crippen LogP contribution < -0.4 is 22.1 Å². The Balaban J connectivity index is 2.73. The number of nitrogens with one attached hydrogen (secondary N) is 3. The molecule has 10 heteroatoms. The molecule has 0 aromatic carbocycles. The Morgan fingerprint density at radius 1 is 1.48 bits per heavy atom. The fraction of sp³-hybridized carbons (Fsp3) is 0.273. The van der Waals surface area contributed by atoms with Crippen molar-refractivity contribution in [2.24, 2.45) is 7.05 Å². The van der Waals surface area contributed by atoms with Crippen LogP contribution in [0.25, 0.3) is 11.2 Å². The van der Waals surface area contributed by atoms with Crippen molar-refractivity contribution >= 4 is 35.1 Å². The molecule has 0 unspecified atom stereocenters. The van der Waals surface area contributed by atoms with E-state index < -0.39 is 11.2 Å². The Morgan fingerprint density at radius 2 is 2.19 bits per heavy atom. The van der Waals surface area contributed by atoms with Gasteiger partial charge in [0.25, 0.3) is 5.56 Å². The van der Waals surface area contributed by atoms with Gasteiger partial charge >= 0.3 is 5.69 Å². The van der Waals surface area contributed by atoms with E-state index in [0.29, 0.717) is 11.4 Å². The van der Waals surface area contributed by atoms with Crippen LogP contribution in [0, 0.1) is 0 Å². The van der Waals surface area contributed by atoms with Crippen LogP contribution in [-0.2, 0) is 18.4 Å². The zero-order valence-corrected chi connectivity index (χ0v) is 12.1. The monoisotopic (exact) mass is 312 g/mol. The summed E-state index contributed by atoms with van der Waals surface area (Å²) >= 11 is 5.79. The molecule has 0 aliphatic rings. The lowest BCUT2D eigenvalue weighted by molar-refractivity contribution is -0.109. The van der Waals surface area contributed by atoms with Crippen LogP contribution >= 0.6 is 11.6 Å². The molecule has 112 valence electrons. The van der Waals surface area contributed by atoms with Crippen molar-refractivity contribution < 1.29 is 4.79 Å². The van der Waals surface area contributed by atoms with Crippen molar-refractivity contribution in [1.29, 1.82) is 0 Å². The van der Waals surface area contributed by atoms with Crippen molar-refractivity contribution in [3.8, 4) is 0 Å². The molecule has 0 bridgehead atoms. The molecule has 3 N–H and O–H groups in total. The first kappa shape index (κ1) is 14.9. The smallest absolute Gasteiger partial charge is 0.299 e. The third-order valence-corrected chi connectivity index (χ3v) is 2.96. The van der Waals surface area contributed by atoms with Gasteiger partial charge in [-0.2, -0.15) is 4.98 Å². The quantitative estimate of drug-likeness (QED) is 0.515. The number of aromatic nitrogens is 4. The number of H-pyrrole nitrogens is 1. The van der Waals surface area contributed by atoms with Crippen molar-refractivity contribution in [2.45, 2.75) is 13.5 Å². The second kappa shape index (κ2) is 5.83. The summed E-state index contributed by atoms with van der Waals surface area (Å²) in [5.74, 6) is 0.206. The lowest BCUT2D eigenvalue weighted by Gasteiger charge is -2.06. The number of anilines is 1. The van der Waals surface area contributed by atoms with Crippen molar-refractivity contribution in [3.05, 3.63) is 31.9 Å². The van der Waals surface area contributed by atoms with Gasteiger partial charge in [0, 0.05) is 18.6 Å². The van der Waals surface area contributed by atoms with E-state index in [4.69, 9.17) is 11.6 Å². The number of hydrazine groups is 1. The Labute approximate surface area is 123 Å². The summed E-state index contributed by atoms with van der Waals surface area (Å²) < 4.78 is 2.70. The highest BCUT2D eigenvalue weighted by Gasteiger charge is 2.16. The first-order valence-electron chi connectivity index (χ1n) is 5.92. The molecular weight excluding hydrogens is 300 g/mol. The molecule has 0 radical (unpaired) electrons. The first-order chi connectivity index (χ1) is 9.95. The Bertz CT molecular complexity index is 827. The SMILES string of the molecule is C/C(Cl)=C/Cn1c(NNC=O)nc2c1c(=O)[nH]c(=O)n2C. The lowest BCUT2D eigenvalue weighted by atomic mass is 10.4. The van der Waals surface area contributed by atoms with Gasteiger partial charge in [-0.3, -0.25) is 34.6 Å². The van der Waals surface area contributed by atoms with Crippen LogP contribution in [0.4, 0.5) is 5.95 Å².